The van der Waals surface area contributed by atoms with Gasteiger partial charge in [0, 0.05) is 23.0 Å². The van der Waals surface area contributed by atoms with Gasteiger partial charge in [0.05, 0.1) is 13.1 Å². The predicted molar refractivity (Wildman–Crippen MR) is 98.6 cm³/mol. The standard InChI is InChI=1S/C14H16N2S4/c1-2-11(9-19-13-15-4-6-17-13)8-12(3-1)10-20-14-16-5-7-18-14/h1-3,8H,4-7,9-10H2. The molecule has 0 atom stereocenters. The van der Waals surface area contributed by atoms with Crippen LogP contribution in [0.4, 0.5) is 0 Å². The van der Waals surface area contributed by atoms with E-state index in [9.17, 15) is 0 Å². The van der Waals surface area contributed by atoms with Crippen LogP contribution in [0.5, 0.6) is 0 Å². The van der Waals surface area contributed by atoms with Crippen molar-refractivity contribution < 1.29 is 0 Å². The van der Waals surface area contributed by atoms with Crippen LogP contribution >= 0.6 is 47.0 Å². The van der Waals surface area contributed by atoms with Crippen LogP contribution in [0.1, 0.15) is 11.1 Å². The second-order valence-electron chi connectivity index (χ2n) is 4.39. The Hall–Kier alpha value is -0.0400. The summed E-state index contributed by atoms with van der Waals surface area (Å²) in [6.45, 7) is 1.98. The number of benzene rings is 1. The van der Waals surface area contributed by atoms with Crippen LogP contribution in [0.3, 0.4) is 0 Å². The normalized spacial score (nSPS) is 18.2. The first-order chi connectivity index (χ1) is 9.90. The number of rotatable bonds is 4. The lowest BCUT2D eigenvalue weighted by molar-refractivity contribution is 1.18. The third kappa shape index (κ3) is 4.48. The third-order valence-electron chi connectivity index (χ3n) is 2.83. The summed E-state index contributed by atoms with van der Waals surface area (Å²) in [7, 11) is 0. The number of aliphatic imine (C=N–C) groups is 2. The van der Waals surface area contributed by atoms with Gasteiger partial charge in [-0.25, -0.2) is 0 Å². The average molecular weight is 341 g/mol. The molecule has 2 heterocycles. The molecule has 6 heteroatoms. The Morgan fingerprint density at radius 1 is 0.900 bits per heavy atom. The summed E-state index contributed by atoms with van der Waals surface area (Å²) in [5.41, 5.74) is 2.79. The first-order valence-corrected chi connectivity index (χ1v) is 10.5. The summed E-state index contributed by atoms with van der Waals surface area (Å²) in [6, 6.07) is 8.91. The van der Waals surface area contributed by atoms with Gasteiger partial charge in [0.25, 0.3) is 0 Å². The van der Waals surface area contributed by atoms with Crippen molar-refractivity contribution in [3.63, 3.8) is 0 Å². The lowest BCUT2D eigenvalue weighted by Crippen LogP contribution is -1.89. The fourth-order valence-corrected chi connectivity index (χ4v) is 5.81. The highest BCUT2D eigenvalue weighted by molar-refractivity contribution is 8.39. The van der Waals surface area contributed by atoms with Crippen molar-refractivity contribution in [2.24, 2.45) is 9.98 Å². The van der Waals surface area contributed by atoms with Crippen LogP contribution in [0.15, 0.2) is 34.3 Å². The van der Waals surface area contributed by atoms with Gasteiger partial charge < -0.3 is 0 Å². The highest BCUT2D eigenvalue weighted by Gasteiger charge is 2.09. The molecule has 0 spiro atoms. The van der Waals surface area contributed by atoms with Gasteiger partial charge in [0.15, 0.2) is 0 Å². The number of hydrogen-bond donors (Lipinski definition) is 0. The Kier molecular flexibility index (Phi) is 5.82. The van der Waals surface area contributed by atoms with Crippen molar-refractivity contribution in [3.05, 3.63) is 35.4 Å². The molecule has 0 amide bonds. The number of nitrogens with zero attached hydrogens (tertiary/aromatic N) is 2. The first-order valence-electron chi connectivity index (χ1n) is 6.58. The second kappa shape index (κ2) is 7.82. The van der Waals surface area contributed by atoms with Crippen molar-refractivity contribution in [3.8, 4) is 0 Å². The van der Waals surface area contributed by atoms with Gasteiger partial charge in [-0.05, 0) is 11.1 Å². The Labute approximate surface area is 137 Å². The minimum absolute atomic E-state index is 0.990. The molecule has 1 aromatic rings. The average Bonchev–Trinajstić information content (AvgIpc) is 3.17. The SMILES string of the molecule is c1cc(CSC2=NCCS2)cc(CSC2=NCCS2)c1. The van der Waals surface area contributed by atoms with Crippen LogP contribution in [0.25, 0.3) is 0 Å². The van der Waals surface area contributed by atoms with E-state index >= 15 is 0 Å². The van der Waals surface area contributed by atoms with Gasteiger partial charge in [0.2, 0.25) is 0 Å². The van der Waals surface area contributed by atoms with Gasteiger partial charge in [-0.2, -0.15) is 0 Å². The Bertz CT molecular complexity index is 484. The highest BCUT2D eigenvalue weighted by atomic mass is 32.2. The molecule has 0 fully saturated rings. The van der Waals surface area contributed by atoms with E-state index in [1.807, 2.05) is 47.0 Å². The molecule has 0 aromatic heterocycles. The van der Waals surface area contributed by atoms with Gasteiger partial charge in [-0.3, -0.25) is 9.98 Å². The summed E-state index contributed by atoms with van der Waals surface area (Å²) in [6.07, 6.45) is 0. The molecule has 2 nitrogen and oxygen atoms in total. The van der Waals surface area contributed by atoms with Gasteiger partial charge in [-0.1, -0.05) is 71.3 Å². The van der Waals surface area contributed by atoms with Gasteiger partial charge >= 0.3 is 0 Å². The van der Waals surface area contributed by atoms with Crippen LogP contribution in [0.2, 0.25) is 0 Å². The first kappa shape index (κ1) is 14.9. The van der Waals surface area contributed by atoms with Crippen molar-refractivity contribution >= 4 is 55.8 Å². The summed E-state index contributed by atoms with van der Waals surface area (Å²) in [5.74, 6) is 4.36. The molecule has 0 bridgehead atoms. The van der Waals surface area contributed by atoms with Crippen LogP contribution in [-0.2, 0) is 11.5 Å². The summed E-state index contributed by atoms with van der Waals surface area (Å²) < 4.78 is 2.50. The lowest BCUT2D eigenvalue weighted by atomic mass is 10.2. The highest BCUT2D eigenvalue weighted by Crippen LogP contribution is 2.28. The van der Waals surface area contributed by atoms with E-state index in [1.54, 1.807) is 0 Å². The molecule has 20 heavy (non-hydrogen) atoms. The van der Waals surface area contributed by atoms with Crippen LogP contribution in [-0.4, -0.2) is 33.3 Å². The molecule has 0 saturated carbocycles. The maximum absolute atomic E-state index is 4.48. The number of thioether (sulfide) groups is 4. The van der Waals surface area contributed by atoms with Crippen molar-refractivity contribution in [1.29, 1.82) is 0 Å². The molecule has 0 aliphatic carbocycles. The van der Waals surface area contributed by atoms with Crippen LogP contribution < -0.4 is 0 Å². The zero-order valence-electron chi connectivity index (χ0n) is 11.1. The van der Waals surface area contributed by atoms with E-state index in [1.165, 1.54) is 19.9 Å². The van der Waals surface area contributed by atoms with Crippen LogP contribution in [0, 0.1) is 0 Å². The maximum Gasteiger partial charge on any atom is 0.124 e. The molecule has 1 aromatic carbocycles. The molecule has 0 radical (unpaired) electrons. The fourth-order valence-electron chi connectivity index (χ4n) is 1.91. The monoisotopic (exact) mass is 340 g/mol. The molecular formula is C14H16N2S4. The molecule has 106 valence electrons. The zero-order chi connectivity index (χ0) is 13.6. The quantitative estimate of drug-likeness (QED) is 0.813. The topological polar surface area (TPSA) is 24.7 Å². The Morgan fingerprint density at radius 3 is 1.90 bits per heavy atom. The van der Waals surface area contributed by atoms with E-state index in [0.29, 0.717) is 0 Å². The molecular weight excluding hydrogens is 324 g/mol. The number of hydrogen-bond acceptors (Lipinski definition) is 6. The largest absolute Gasteiger partial charge is 0.271 e. The lowest BCUT2D eigenvalue weighted by Gasteiger charge is -2.05. The molecule has 2 aliphatic rings. The Morgan fingerprint density at radius 2 is 1.45 bits per heavy atom. The molecule has 0 N–H and O–H groups in total. The van der Waals surface area contributed by atoms with E-state index in [0.717, 1.165) is 36.1 Å². The minimum Gasteiger partial charge on any atom is -0.271 e. The van der Waals surface area contributed by atoms with Crippen molar-refractivity contribution in [2.75, 3.05) is 24.6 Å². The van der Waals surface area contributed by atoms with E-state index in [4.69, 9.17) is 0 Å². The minimum atomic E-state index is 0.990. The summed E-state index contributed by atoms with van der Waals surface area (Å²) >= 11 is 7.50. The fraction of sp³-hybridized carbons (Fsp3) is 0.429. The maximum atomic E-state index is 4.48. The summed E-state index contributed by atoms with van der Waals surface area (Å²) in [4.78, 5) is 8.96. The molecule has 0 saturated heterocycles. The molecule has 2 aliphatic heterocycles. The molecule has 0 unspecified atom stereocenters. The summed E-state index contributed by atoms with van der Waals surface area (Å²) in [5, 5.41) is 0. The smallest absolute Gasteiger partial charge is 0.124 e. The van der Waals surface area contributed by atoms with Crippen molar-refractivity contribution in [2.45, 2.75) is 11.5 Å². The predicted octanol–water partition coefficient (Wildman–Crippen LogP) is 4.36. The third-order valence-corrected chi connectivity index (χ3v) is 7.48. The van der Waals surface area contributed by atoms with E-state index in [2.05, 4.69) is 34.3 Å². The van der Waals surface area contributed by atoms with Crippen molar-refractivity contribution in [1.82, 2.24) is 0 Å². The Balaban J connectivity index is 1.52. The zero-order valence-corrected chi connectivity index (χ0v) is 14.3. The second-order valence-corrected chi connectivity index (χ2v) is 9.00. The molecule has 3 rings (SSSR count). The van der Waals surface area contributed by atoms with Gasteiger partial charge in [-0.15, -0.1) is 0 Å². The van der Waals surface area contributed by atoms with Gasteiger partial charge in [0.1, 0.15) is 8.75 Å². The van der Waals surface area contributed by atoms with E-state index < -0.39 is 0 Å². The van der Waals surface area contributed by atoms with E-state index in [-0.39, 0.29) is 0 Å².